The lowest BCUT2D eigenvalue weighted by molar-refractivity contribution is -0.128. The summed E-state index contributed by atoms with van der Waals surface area (Å²) in [6.45, 7) is 2.83. The van der Waals surface area contributed by atoms with Gasteiger partial charge in [0.05, 0.1) is 3.79 Å². The van der Waals surface area contributed by atoms with Crippen LogP contribution in [0.15, 0.2) is 15.9 Å². The second-order valence-corrected chi connectivity index (χ2v) is 6.35. The molecule has 0 aliphatic heterocycles. The SMILES string of the molecule is CC(NCCC(=O)N(C)C)c1ccc(Br)s1. The maximum atomic E-state index is 11.3. The fourth-order valence-corrected chi connectivity index (χ4v) is 2.73. The third kappa shape index (κ3) is 4.23. The summed E-state index contributed by atoms with van der Waals surface area (Å²) in [6.07, 6.45) is 0.546. The van der Waals surface area contributed by atoms with E-state index in [2.05, 4.69) is 34.2 Å². The monoisotopic (exact) mass is 304 g/mol. The van der Waals surface area contributed by atoms with Crippen molar-refractivity contribution in [2.45, 2.75) is 19.4 Å². The number of hydrogen-bond acceptors (Lipinski definition) is 3. The van der Waals surface area contributed by atoms with Gasteiger partial charge in [-0.1, -0.05) is 0 Å². The van der Waals surface area contributed by atoms with E-state index in [0.717, 1.165) is 3.79 Å². The Morgan fingerprint density at radius 3 is 2.75 bits per heavy atom. The van der Waals surface area contributed by atoms with Gasteiger partial charge in [0.1, 0.15) is 0 Å². The molecule has 0 bridgehead atoms. The Kier molecular flexibility index (Phi) is 5.44. The summed E-state index contributed by atoms with van der Waals surface area (Å²) in [7, 11) is 3.56. The van der Waals surface area contributed by atoms with Gasteiger partial charge >= 0.3 is 0 Å². The standard InChI is InChI=1S/C11H17BrN2OS/c1-8(9-4-5-10(12)16-9)13-7-6-11(15)14(2)3/h4-5,8,13H,6-7H2,1-3H3. The molecule has 3 nitrogen and oxygen atoms in total. The summed E-state index contributed by atoms with van der Waals surface area (Å²) < 4.78 is 1.14. The maximum Gasteiger partial charge on any atom is 0.223 e. The number of halogens is 1. The normalized spacial score (nSPS) is 12.5. The van der Waals surface area contributed by atoms with Crippen molar-refractivity contribution in [3.63, 3.8) is 0 Å². The van der Waals surface area contributed by atoms with Gasteiger partial charge in [-0.05, 0) is 35.0 Å². The van der Waals surface area contributed by atoms with Gasteiger partial charge < -0.3 is 10.2 Å². The predicted molar refractivity (Wildman–Crippen MR) is 71.7 cm³/mol. The van der Waals surface area contributed by atoms with Crippen LogP contribution in [0.1, 0.15) is 24.3 Å². The molecule has 0 aromatic carbocycles. The third-order valence-corrected chi connectivity index (χ3v) is 4.12. The van der Waals surface area contributed by atoms with Crippen LogP contribution in [-0.2, 0) is 4.79 Å². The highest BCUT2D eigenvalue weighted by Crippen LogP contribution is 2.26. The zero-order chi connectivity index (χ0) is 12.1. The van der Waals surface area contributed by atoms with Crippen molar-refractivity contribution >= 4 is 33.2 Å². The van der Waals surface area contributed by atoms with Crippen LogP contribution < -0.4 is 5.32 Å². The first-order valence-corrected chi connectivity index (χ1v) is 6.80. The number of amides is 1. The molecule has 0 aliphatic rings. The minimum Gasteiger partial charge on any atom is -0.349 e. The van der Waals surface area contributed by atoms with Gasteiger partial charge in [0.15, 0.2) is 0 Å². The van der Waals surface area contributed by atoms with Gasteiger partial charge in [-0.25, -0.2) is 0 Å². The van der Waals surface area contributed by atoms with Crippen LogP contribution in [0.4, 0.5) is 0 Å². The Balaban J connectivity index is 2.31. The molecule has 1 aromatic heterocycles. The summed E-state index contributed by atoms with van der Waals surface area (Å²) in [5.41, 5.74) is 0. The van der Waals surface area contributed by atoms with E-state index in [-0.39, 0.29) is 5.91 Å². The van der Waals surface area contributed by atoms with Crippen molar-refractivity contribution in [1.29, 1.82) is 0 Å². The van der Waals surface area contributed by atoms with Crippen LogP contribution >= 0.6 is 27.3 Å². The highest BCUT2D eigenvalue weighted by molar-refractivity contribution is 9.11. The molecule has 90 valence electrons. The lowest BCUT2D eigenvalue weighted by atomic mass is 10.2. The number of carbonyl (C=O) groups is 1. The van der Waals surface area contributed by atoms with Gasteiger partial charge in [0.2, 0.25) is 5.91 Å². The summed E-state index contributed by atoms with van der Waals surface area (Å²) >= 11 is 5.16. The summed E-state index contributed by atoms with van der Waals surface area (Å²) in [6, 6.07) is 4.44. The molecule has 0 saturated heterocycles. The van der Waals surface area contributed by atoms with Crippen molar-refractivity contribution in [2.75, 3.05) is 20.6 Å². The highest BCUT2D eigenvalue weighted by atomic mass is 79.9. The number of nitrogens with zero attached hydrogens (tertiary/aromatic N) is 1. The molecule has 16 heavy (non-hydrogen) atoms. The minimum absolute atomic E-state index is 0.159. The van der Waals surface area contributed by atoms with Crippen LogP contribution in [0.25, 0.3) is 0 Å². The summed E-state index contributed by atoms with van der Waals surface area (Å²) in [4.78, 5) is 14.2. The molecule has 0 spiro atoms. The molecule has 0 radical (unpaired) electrons. The molecular formula is C11H17BrN2OS. The first-order valence-electron chi connectivity index (χ1n) is 5.19. The molecule has 1 rings (SSSR count). The quantitative estimate of drug-likeness (QED) is 0.907. The Bertz CT molecular complexity index is 352. The smallest absolute Gasteiger partial charge is 0.223 e. The van der Waals surface area contributed by atoms with Crippen LogP contribution in [0.2, 0.25) is 0 Å². The first-order chi connectivity index (χ1) is 7.50. The number of hydrogen-bond donors (Lipinski definition) is 1. The Hall–Kier alpha value is -0.390. The second-order valence-electron chi connectivity index (χ2n) is 3.86. The molecule has 0 fully saturated rings. The van der Waals surface area contributed by atoms with Crippen molar-refractivity contribution < 1.29 is 4.79 Å². The Morgan fingerprint density at radius 1 is 1.56 bits per heavy atom. The van der Waals surface area contributed by atoms with E-state index in [1.807, 2.05) is 6.07 Å². The van der Waals surface area contributed by atoms with E-state index < -0.39 is 0 Å². The number of nitrogens with one attached hydrogen (secondary N) is 1. The molecule has 1 atom stereocenters. The second kappa shape index (κ2) is 6.37. The van der Waals surface area contributed by atoms with E-state index in [4.69, 9.17) is 0 Å². The number of carbonyl (C=O) groups excluding carboxylic acids is 1. The van der Waals surface area contributed by atoms with Gasteiger partial charge in [0, 0.05) is 38.0 Å². The van der Waals surface area contributed by atoms with Gasteiger partial charge in [-0.15, -0.1) is 11.3 Å². The predicted octanol–water partition coefficient (Wildman–Crippen LogP) is 2.64. The summed E-state index contributed by atoms with van der Waals surface area (Å²) in [5.74, 6) is 0.159. The molecule has 1 aromatic rings. The van der Waals surface area contributed by atoms with Crippen LogP contribution in [0.5, 0.6) is 0 Å². The van der Waals surface area contributed by atoms with Gasteiger partial charge in [-0.2, -0.15) is 0 Å². The van der Waals surface area contributed by atoms with E-state index in [0.29, 0.717) is 19.0 Å². The Labute approximate surface area is 109 Å². The molecule has 1 heterocycles. The minimum atomic E-state index is 0.159. The van der Waals surface area contributed by atoms with E-state index >= 15 is 0 Å². The molecule has 1 N–H and O–H groups in total. The van der Waals surface area contributed by atoms with Gasteiger partial charge in [0.25, 0.3) is 0 Å². The van der Waals surface area contributed by atoms with E-state index in [1.165, 1.54) is 4.88 Å². The van der Waals surface area contributed by atoms with Crippen molar-refractivity contribution in [1.82, 2.24) is 10.2 Å². The average Bonchev–Trinajstić information content (AvgIpc) is 2.64. The lowest BCUT2D eigenvalue weighted by Gasteiger charge is -2.14. The molecule has 1 unspecified atom stereocenters. The zero-order valence-electron chi connectivity index (χ0n) is 9.79. The fraction of sp³-hybridized carbons (Fsp3) is 0.545. The van der Waals surface area contributed by atoms with Gasteiger partial charge in [-0.3, -0.25) is 4.79 Å². The topological polar surface area (TPSA) is 32.3 Å². The van der Waals surface area contributed by atoms with E-state index in [9.17, 15) is 4.79 Å². The Morgan fingerprint density at radius 2 is 2.25 bits per heavy atom. The third-order valence-electron chi connectivity index (χ3n) is 2.31. The average molecular weight is 305 g/mol. The van der Waals surface area contributed by atoms with Crippen molar-refractivity contribution in [2.24, 2.45) is 0 Å². The molecule has 0 aliphatic carbocycles. The van der Waals surface area contributed by atoms with Crippen LogP contribution in [0.3, 0.4) is 0 Å². The largest absolute Gasteiger partial charge is 0.349 e. The van der Waals surface area contributed by atoms with Crippen LogP contribution in [0, 0.1) is 0 Å². The molecular weight excluding hydrogens is 288 g/mol. The highest BCUT2D eigenvalue weighted by Gasteiger charge is 2.09. The van der Waals surface area contributed by atoms with Crippen molar-refractivity contribution in [3.05, 3.63) is 20.8 Å². The number of thiophene rings is 1. The van der Waals surface area contributed by atoms with E-state index in [1.54, 1.807) is 30.3 Å². The summed E-state index contributed by atoms with van der Waals surface area (Å²) in [5, 5.41) is 3.34. The lowest BCUT2D eigenvalue weighted by Crippen LogP contribution is -2.27. The van der Waals surface area contributed by atoms with Crippen molar-refractivity contribution in [3.8, 4) is 0 Å². The first kappa shape index (κ1) is 13.7. The molecule has 5 heteroatoms. The molecule has 1 amide bonds. The van der Waals surface area contributed by atoms with Crippen LogP contribution in [-0.4, -0.2) is 31.4 Å². The fourth-order valence-electron chi connectivity index (χ4n) is 1.28. The maximum absolute atomic E-state index is 11.3. The molecule has 0 saturated carbocycles. The zero-order valence-corrected chi connectivity index (χ0v) is 12.2. The number of rotatable bonds is 5.